The van der Waals surface area contributed by atoms with Crippen molar-refractivity contribution in [1.82, 2.24) is 14.7 Å². The molecule has 5 rings (SSSR count). The Morgan fingerprint density at radius 1 is 1.03 bits per heavy atom. The van der Waals surface area contributed by atoms with E-state index in [1.165, 1.54) is 37.6 Å². The number of hydrogen-bond acceptors (Lipinski definition) is 6. The quantitative estimate of drug-likeness (QED) is 0.599. The fourth-order valence-corrected chi connectivity index (χ4v) is 5.45. The van der Waals surface area contributed by atoms with Crippen LogP contribution in [0.15, 0.2) is 40.0 Å². The van der Waals surface area contributed by atoms with Gasteiger partial charge in [-0.2, -0.15) is 0 Å². The highest BCUT2D eigenvalue weighted by Gasteiger charge is 2.24. The van der Waals surface area contributed by atoms with Gasteiger partial charge in [0.05, 0.1) is 0 Å². The van der Waals surface area contributed by atoms with E-state index in [0.29, 0.717) is 17.1 Å². The van der Waals surface area contributed by atoms with E-state index in [1.54, 1.807) is 6.07 Å². The number of rotatable bonds is 7. The Morgan fingerprint density at radius 3 is 2.76 bits per heavy atom. The number of amidine groups is 2. The number of likely N-dealkylation sites (tertiary alicyclic amines) is 3. The highest BCUT2D eigenvalue weighted by molar-refractivity contribution is 6.08. The van der Waals surface area contributed by atoms with Gasteiger partial charge in [-0.15, -0.1) is 0 Å². The first-order valence-electron chi connectivity index (χ1n) is 13.1. The van der Waals surface area contributed by atoms with E-state index in [9.17, 15) is 0 Å². The molecule has 0 aliphatic carbocycles. The fourth-order valence-electron chi connectivity index (χ4n) is 5.45. The van der Waals surface area contributed by atoms with E-state index in [2.05, 4.69) is 26.7 Å². The highest BCUT2D eigenvalue weighted by atomic mass is 19.1. The minimum Gasteiger partial charge on any atom is -0.487 e. The zero-order valence-corrected chi connectivity index (χ0v) is 20.5. The molecule has 0 amide bonds. The predicted molar refractivity (Wildman–Crippen MR) is 135 cm³/mol. The second-order valence-corrected chi connectivity index (χ2v) is 10.2. The first-order chi connectivity index (χ1) is 16.6. The van der Waals surface area contributed by atoms with Crippen molar-refractivity contribution in [2.45, 2.75) is 57.5 Å². The van der Waals surface area contributed by atoms with E-state index in [0.717, 1.165) is 77.1 Å². The van der Waals surface area contributed by atoms with Crippen LogP contribution < -0.4 is 4.74 Å². The average molecular weight is 468 g/mol. The third-order valence-electron chi connectivity index (χ3n) is 7.54. The van der Waals surface area contributed by atoms with Gasteiger partial charge in [0, 0.05) is 37.8 Å². The third-order valence-corrected chi connectivity index (χ3v) is 7.54. The molecule has 1 aromatic rings. The molecule has 184 valence electrons. The molecule has 7 heteroatoms. The molecule has 0 spiro atoms. The van der Waals surface area contributed by atoms with Crippen LogP contribution in [0.4, 0.5) is 4.39 Å². The van der Waals surface area contributed by atoms with Gasteiger partial charge in [0.2, 0.25) is 0 Å². The number of hydrogen-bond donors (Lipinski definition) is 0. The molecule has 6 nitrogen and oxygen atoms in total. The van der Waals surface area contributed by atoms with E-state index in [-0.39, 0.29) is 11.9 Å². The number of benzene rings is 1. The molecule has 3 fully saturated rings. The molecule has 1 unspecified atom stereocenters. The SMILES string of the molecule is CN1CCCC(Oc2ccc(C3=NC=C4CCN(CCCN5CCCC5)C(=N3)C4)cc2F)CC1. The Hall–Kier alpha value is -2.25. The zero-order valence-electron chi connectivity index (χ0n) is 20.5. The standard InChI is InChI=1S/C27H38FN5O/c1-31-11-4-6-23(10-16-31)34-25-8-7-22(19-24(25)28)27-29-20-21-9-17-33(26(18-21)30-27)15-5-14-32-12-2-3-13-32/h7-8,19-20,23H,2-6,9-18H2,1H3. The van der Waals surface area contributed by atoms with E-state index < -0.39 is 0 Å². The smallest absolute Gasteiger partial charge is 0.165 e. The number of nitrogens with zero attached hydrogens (tertiary/aromatic N) is 5. The molecule has 4 aliphatic rings. The first kappa shape index (κ1) is 23.5. The van der Waals surface area contributed by atoms with Crippen molar-refractivity contribution in [3.8, 4) is 5.75 Å². The normalized spacial score (nSPS) is 24.2. The minimum absolute atomic E-state index is 0.0684. The molecule has 0 radical (unpaired) electrons. The number of fused-ring (bicyclic) bond motifs is 2. The Bertz CT molecular complexity index is 952. The largest absolute Gasteiger partial charge is 0.487 e. The van der Waals surface area contributed by atoms with Crippen LogP contribution >= 0.6 is 0 Å². The summed E-state index contributed by atoms with van der Waals surface area (Å²) in [5.74, 6) is 1.66. The van der Waals surface area contributed by atoms with Gasteiger partial charge in [-0.25, -0.2) is 14.4 Å². The van der Waals surface area contributed by atoms with Crippen molar-refractivity contribution >= 4 is 11.7 Å². The monoisotopic (exact) mass is 467 g/mol. The molecule has 0 saturated carbocycles. The van der Waals surface area contributed by atoms with Crippen molar-refractivity contribution in [3.63, 3.8) is 0 Å². The van der Waals surface area contributed by atoms with Crippen molar-refractivity contribution < 1.29 is 9.13 Å². The molecule has 3 saturated heterocycles. The second-order valence-electron chi connectivity index (χ2n) is 10.2. The summed E-state index contributed by atoms with van der Waals surface area (Å²) >= 11 is 0. The van der Waals surface area contributed by atoms with Crippen LogP contribution in [-0.4, -0.2) is 85.3 Å². The molecule has 1 aromatic carbocycles. The van der Waals surface area contributed by atoms with Gasteiger partial charge < -0.3 is 19.4 Å². The summed E-state index contributed by atoms with van der Waals surface area (Å²) in [4.78, 5) is 16.8. The molecule has 34 heavy (non-hydrogen) atoms. The molecular formula is C27H38FN5O. The Kier molecular flexibility index (Phi) is 7.60. The van der Waals surface area contributed by atoms with Gasteiger partial charge in [0.1, 0.15) is 11.9 Å². The third kappa shape index (κ3) is 5.87. The van der Waals surface area contributed by atoms with E-state index in [1.807, 2.05) is 12.3 Å². The average Bonchev–Trinajstić information content (AvgIpc) is 3.19. The molecule has 1 atom stereocenters. The lowest BCUT2D eigenvalue weighted by atomic mass is 10.0. The number of halogens is 1. The van der Waals surface area contributed by atoms with Crippen LogP contribution in [-0.2, 0) is 0 Å². The van der Waals surface area contributed by atoms with Crippen LogP contribution in [0.5, 0.6) is 5.75 Å². The summed E-state index contributed by atoms with van der Waals surface area (Å²) in [6, 6.07) is 5.18. The van der Waals surface area contributed by atoms with Crippen molar-refractivity contribution in [3.05, 3.63) is 41.4 Å². The molecule has 4 aliphatic heterocycles. The van der Waals surface area contributed by atoms with Gasteiger partial charge in [0.25, 0.3) is 0 Å². The number of ether oxygens (including phenoxy) is 1. The molecule has 4 heterocycles. The Balaban J connectivity index is 1.25. The van der Waals surface area contributed by atoms with Crippen LogP contribution in [0, 0.1) is 5.82 Å². The first-order valence-corrected chi connectivity index (χ1v) is 13.1. The second kappa shape index (κ2) is 11.0. The highest BCUT2D eigenvalue weighted by Crippen LogP contribution is 2.26. The van der Waals surface area contributed by atoms with Gasteiger partial charge in [-0.1, -0.05) is 0 Å². The van der Waals surface area contributed by atoms with E-state index in [4.69, 9.17) is 9.73 Å². The van der Waals surface area contributed by atoms with Crippen molar-refractivity contribution in [1.29, 1.82) is 0 Å². The van der Waals surface area contributed by atoms with Gasteiger partial charge >= 0.3 is 0 Å². The maximum atomic E-state index is 15.0. The Morgan fingerprint density at radius 2 is 1.91 bits per heavy atom. The maximum Gasteiger partial charge on any atom is 0.165 e. The van der Waals surface area contributed by atoms with Crippen LogP contribution in [0.2, 0.25) is 0 Å². The number of piperidine rings is 1. The van der Waals surface area contributed by atoms with Gasteiger partial charge in [-0.05, 0) is 102 Å². The summed E-state index contributed by atoms with van der Waals surface area (Å²) in [6.07, 6.45) is 10.7. The van der Waals surface area contributed by atoms with Crippen molar-refractivity contribution in [2.24, 2.45) is 9.98 Å². The summed E-state index contributed by atoms with van der Waals surface area (Å²) in [5, 5.41) is 0. The Labute approximate surface area is 203 Å². The minimum atomic E-state index is -0.333. The van der Waals surface area contributed by atoms with Crippen LogP contribution in [0.25, 0.3) is 0 Å². The van der Waals surface area contributed by atoms with E-state index >= 15 is 4.39 Å². The molecule has 0 aromatic heterocycles. The fraction of sp³-hybridized carbons (Fsp3) is 0.630. The predicted octanol–water partition coefficient (Wildman–Crippen LogP) is 4.31. The zero-order chi connectivity index (χ0) is 23.3. The topological polar surface area (TPSA) is 43.7 Å². The molecule has 0 N–H and O–H groups in total. The number of aliphatic imine (C=N–C) groups is 2. The summed E-state index contributed by atoms with van der Waals surface area (Å²) in [7, 11) is 2.13. The molecule has 2 bridgehead atoms. The van der Waals surface area contributed by atoms with Gasteiger partial charge in [0.15, 0.2) is 17.4 Å². The summed E-state index contributed by atoms with van der Waals surface area (Å²) in [5.41, 5.74) is 2.02. The van der Waals surface area contributed by atoms with Gasteiger partial charge in [-0.3, -0.25) is 0 Å². The van der Waals surface area contributed by atoms with Crippen LogP contribution in [0.3, 0.4) is 0 Å². The van der Waals surface area contributed by atoms with Crippen molar-refractivity contribution in [2.75, 3.05) is 52.9 Å². The summed E-state index contributed by atoms with van der Waals surface area (Å²) < 4.78 is 21.1. The summed E-state index contributed by atoms with van der Waals surface area (Å²) in [6.45, 7) is 7.73. The lowest BCUT2D eigenvalue weighted by molar-refractivity contribution is 0.175. The lowest BCUT2D eigenvalue weighted by Gasteiger charge is -2.31. The molecular weight excluding hydrogens is 429 g/mol. The lowest BCUT2D eigenvalue weighted by Crippen LogP contribution is -2.38. The van der Waals surface area contributed by atoms with Crippen LogP contribution in [0.1, 0.15) is 56.9 Å². The maximum absolute atomic E-state index is 15.0.